The number of rotatable bonds is 3. The van der Waals surface area contributed by atoms with Gasteiger partial charge in [-0.2, -0.15) is 8.78 Å². The average molecular weight is 225 g/mol. The summed E-state index contributed by atoms with van der Waals surface area (Å²) in [6, 6.07) is 7.02. The molecule has 2 nitrogen and oxygen atoms in total. The first kappa shape index (κ1) is 11.1. The van der Waals surface area contributed by atoms with E-state index in [-0.39, 0.29) is 12.3 Å². The smallest absolute Gasteiger partial charge is 0.306 e. The molecule has 1 aromatic heterocycles. The van der Waals surface area contributed by atoms with Gasteiger partial charge in [0.05, 0.1) is 0 Å². The average Bonchev–Trinajstić information content (AvgIpc) is 2.58. The quantitative estimate of drug-likeness (QED) is 0.871. The molecule has 1 aromatic carbocycles. The predicted octanol–water partition coefficient (Wildman–Crippen LogP) is 3.18. The van der Waals surface area contributed by atoms with Crippen LogP contribution in [0.4, 0.5) is 8.78 Å². The molecule has 0 atom stereocenters. The number of aryl methyl sites for hydroxylation is 1. The zero-order chi connectivity index (χ0) is 11.8. The monoisotopic (exact) mass is 225 g/mol. The largest absolute Gasteiger partial charge is 0.454 e. The fourth-order valence-electron chi connectivity index (χ4n) is 1.82. The maximum Gasteiger partial charge on any atom is 0.306 e. The van der Waals surface area contributed by atoms with E-state index < -0.39 is 12.3 Å². The molecule has 0 spiro atoms. The Morgan fingerprint density at radius 1 is 1.31 bits per heavy atom. The fourth-order valence-corrected chi connectivity index (χ4v) is 1.82. The zero-order valence-electron chi connectivity index (χ0n) is 8.97. The van der Waals surface area contributed by atoms with Crippen LogP contribution in [0.15, 0.2) is 28.7 Å². The first-order valence-corrected chi connectivity index (χ1v) is 5.13. The number of hydrogen-bond acceptors (Lipinski definition) is 2. The van der Waals surface area contributed by atoms with Crippen LogP contribution in [0.1, 0.15) is 17.7 Å². The summed E-state index contributed by atoms with van der Waals surface area (Å²) in [7, 11) is 0. The summed E-state index contributed by atoms with van der Waals surface area (Å²) in [5.74, 6) is -3.25. The van der Waals surface area contributed by atoms with E-state index >= 15 is 0 Å². The minimum atomic E-state index is -2.99. The van der Waals surface area contributed by atoms with Gasteiger partial charge in [0, 0.05) is 17.4 Å². The summed E-state index contributed by atoms with van der Waals surface area (Å²) < 4.78 is 32.6. The van der Waals surface area contributed by atoms with E-state index in [4.69, 9.17) is 10.2 Å². The Kier molecular flexibility index (Phi) is 2.68. The van der Waals surface area contributed by atoms with Crippen molar-refractivity contribution in [1.82, 2.24) is 0 Å². The molecule has 0 unspecified atom stereocenters. The molecule has 0 bridgehead atoms. The topological polar surface area (TPSA) is 39.2 Å². The van der Waals surface area contributed by atoms with Gasteiger partial charge in [0.25, 0.3) is 0 Å². The van der Waals surface area contributed by atoms with Crippen LogP contribution >= 0.6 is 0 Å². The molecule has 86 valence electrons. The Bertz CT molecular complexity index is 505. The Balaban J connectivity index is 2.57. The number of nitrogens with two attached hydrogens (primary N) is 1. The van der Waals surface area contributed by atoms with Crippen molar-refractivity contribution in [3.05, 3.63) is 35.6 Å². The van der Waals surface area contributed by atoms with E-state index in [1.165, 1.54) is 0 Å². The van der Waals surface area contributed by atoms with E-state index in [0.29, 0.717) is 11.1 Å². The first-order valence-electron chi connectivity index (χ1n) is 5.13. The fraction of sp³-hybridized carbons (Fsp3) is 0.333. The summed E-state index contributed by atoms with van der Waals surface area (Å²) in [5.41, 5.74) is 6.16. The van der Waals surface area contributed by atoms with E-state index in [1.54, 1.807) is 31.2 Å². The Morgan fingerprint density at radius 3 is 2.62 bits per heavy atom. The van der Waals surface area contributed by atoms with Crippen LogP contribution in [-0.4, -0.2) is 6.54 Å². The highest BCUT2D eigenvalue weighted by atomic mass is 19.3. The summed E-state index contributed by atoms with van der Waals surface area (Å²) in [6.07, 6.45) is -0.395. The number of hydrogen-bond donors (Lipinski definition) is 1. The van der Waals surface area contributed by atoms with Crippen molar-refractivity contribution in [2.75, 3.05) is 6.54 Å². The molecule has 0 saturated heterocycles. The molecule has 16 heavy (non-hydrogen) atoms. The van der Waals surface area contributed by atoms with Gasteiger partial charge in [-0.1, -0.05) is 18.2 Å². The SMILES string of the molecule is Cc1c(C(F)(F)CCN)oc2ccccc12. The third-order valence-corrected chi connectivity index (χ3v) is 2.63. The van der Waals surface area contributed by atoms with Gasteiger partial charge in [-0.15, -0.1) is 0 Å². The summed E-state index contributed by atoms with van der Waals surface area (Å²) >= 11 is 0. The van der Waals surface area contributed by atoms with Crippen LogP contribution in [0.5, 0.6) is 0 Å². The molecule has 0 fully saturated rings. The lowest BCUT2D eigenvalue weighted by atomic mass is 10.1. The van der Waals surface area contributed by atoms with Gasteiger partial charge >= 0.3 is 5.92 Å². The van der Waals surface area contributed by atoms with Gasteiger partial charge in [-0.05, 0) is 19.5 Å². The van der Waals surface area contributed by atoms with Gasteiger partial charge in [0.2, 0.25) is 0 Å². The van der Waals surface area contributed by atoms with Gasteiger partial charge in [-0.3, -0.25) is 0 Å². The molecule has 0 saturated carbocycles. The van der Waals surface area contributed by atoms with E-state index in [9.17, 15) is 8.78 Å². The molecule has 0 aliphatic rings. The third-order valence-electron chi connectivity index (χ3n) is 2.63. The van der Waals surface area contributed by atoms with Crippen molar-refractivity contribution >= 4 is 11.0 Å². The van der Waals surface area contributed by atoms with Crippen molar-refractivity contribution in [3.63, 3.8) is 0 Å². The molecule has 4 heteroatoms. The molecular weight excluding hydrogens is 212 g/mol. The van der Waals surface area contributed by atoms with Crippen LogP contribution in [0.2, 0.25) is 0 Å². The van der Waals surface area contributed by atoms with Gasteiger partial charge in [0.15, 0.2) is 5.76 Å². The molecule has 0 aliphatic heterocycles. The third kappa shape index (κ3) is 1.69. The second kappa shape index (κ2) is 3.87. The molecule has 0 amide bonds. The van der Waals surface area contributed by atoms with Crippen LogP contribution in [-0.2, 0) is 5.92 Å². The lowest BCUT2D eigenvalue weighted by Gasteiger charge is -2.12. The summed E-state index contributed by atoms with van der Waals surface area (Å²) in [5, 5.41) is 0.731. The van der Waals surface area contributed by atoms with Crippen molar-refractivity contribution in [2.45, 2.75) is 19.3 Å². The van der Waals surface area contributed by atoms with Crippen molar-refractivity contribution in [1.29, 1.82) is 0 Å². The molecule has 2 N–H and O–H groups in total. The highest BCUT2D eigenvalue weighted by Crippen LogP contribution is 2.38. The Morgan fingerprint density at radius 2 is 2.00 bits per heavy atom. The predicted molar refractivity (Wildman–Crippen MR) is 58.5 cm³/mol. The summed E-state index contributed by atoms with van der Waals surface area (Å²) in [4.78, 5) is 0. The number of furan rings is 1. The second-order valence-electron chi connectivity index (χ2n) is 3.80. The normalized spacial score (nSPS) is 12.2. The number of fused-ring (bicyclic) bond motifs is 1. The minimum Gasteiger partial charge on any atom is -0.454 e. The Labute approximate surface area is 92.0 Å². The van der Waals surface area contributed by atoms with Crippen LogP contribution in [0, 0.1) is 6.92 Å². The highest BCUT2D eigenvalue weighted by molar-refractivity contribution is 5.82. The lowest BCUT2D eigenvalue weighted by molar-refractivity contribution is -0.0310. The summed E-state index contributed by atoms with van der Waals surface area (Å²) in [6.45, 7) is 1.58. The number of alkyl halides is 2. The molecule has 2 aromatic rings. The van der Waals surface area contributed by atoms with E-state index in [1.807, 2.05) is 0 Å². The van der Waals surface area contributed by atoms with Crippen molar-refractivity contribution in [3.8, 4) is 0 Å². The molecule has 1 heterocycles. The number of para-hydroxylation sites is 1. The second-order valence-corrected chi connectivity index (χ2v) is 3.80. The standard InChI is InChI=1S/C12H13F2NO/c1-8-9-4-2-3-5-10(9)16-11(8)12(13,14)6-7-15/h2-5H,6-7,15H2,1H3. The maximum absolute atomic E-state index is 13.7. The molecule has 0 radical (unpaired) electrons. The van der Waals surface area contributed by atoms with Gasteiger partial charge < -0.3 is 10.2 Å². The zero-order valence-corrected chi connectivity index (χ0v) is 8.97. The van der Waals surface area contributed by atoms with Crippen molar-refractivity contribution < 1.29 is 13.2 Å². The highest BCUT2D eigenvalue weighted by Gasteiger charge is 2.36. The van der Waals surface area contributed by atoms with Crippen molar-refractivity contribution in [2.24, 2.45) is 5.73 Å². The Hall–Kier alpha value is -1.42. The number of halogens is 2. The molecule has 0 aliphatic carbocycles. The minimum absolute atomic E-state index is 0.0660. The maximum atomic E-state index is 13.7. The van der Waals surface area contributed by atoms with Crippen LogP contribution in [0.25, 0.3) is 11.0 Å². The van der Waals surface area contributed by atoms with Crippen LogP contribution in [0.3, 0.4) is 0 Å². The molecule has 2 rings (SSSR count). The molecular formula is C12H13F2NO. The first-order chi connectivity index (χ1) is 7.56. The number of benzene rings is 1. The van der Waals surface area contributed by atoms with Crippen LogP contribution < -0.4 is 5.73 Å². The van der Waals surface area contributed by atoms with Gasteiger partial charge in [0.1, 0.15) is 5.58 Å². The lowest BCUT2D eigenvalue weighted by Crippen LogP contribution is -2.18. The van der Waals surface area contributed by atoms with E-state index in [2.05, 4.69) is 0 Å². The van der Waals surface area contributed by atoms with E-state index in [0.717, 1.165) is 5.39 Å². The van der Waals surface area contributed by atoms with Gasteiger partial charge in [-0.25, -0.2) is 0 Å².